The van der Waals surface area contributed by atoms with Crippen molar-refractivity contribution in [2.45, 2.75) is 32.7 Å². The lowest BCUT2D eigenvalue weighted by molar-refractivity contribution is 0.660. The molecular formula is C13H17N. The van der Waals surface area contributed by atoms with Gasteiger partial charge in [-0.2, -0.15) is 0 Å². The van der Waals surface area contributed by atoms with E-state index in [4.69, 9.17) is 12.2 Å². The number of hydrogen-bond donors (Lipinski definition) is 1. The Morgan fingerprint density at radius 3 is 2.43 bits per heavy atom. The van der Waals surface area contributed by atoms with E-state index in [0.717, 1.165) is 12.8 Å². The summed E-state index contributed by atoms with van der Waals surface area (Å²) in [6.07, 6.45) is 6.83. The molecule has 1 aromatic carbocycles. The van der Waals surface area contributed by atoms with E-state index < -0.39 is 0 Å². The van der Waals surface area contributed by atoms with Crippen molar-refractivity contribution in [2.24, 2.45) is 5.73 Å². The van der Waals surface area contributed by atoms with Crippen molar-refractivity contribution in [2.75, 3.05) is 0 Å². The van der Waals surface area contributed by atoms with E-state index in [9.17, 15) is 0 Å². The number of terminal acetylenes is 1. The molecule has 1 aromatic rings. The van der Waals surface area contributed by atoms with Crippen LogP contribution in [0.2, 0.25) is 0 Å². The summed E-state index contributed by atoms with van der Waals surface area (Å²) in [7, 11) is 0. The van der Waals surface area contributed by atoms with E-state index in [-0.39, 0.29) is 6.04 Å². The molecule has 0 aliphatic carbocycles. The third-order valence-electron chi connectivity index (χ3n) is 2.51. The van der Waals surface area contributed by atoms with Crippen LogP contribution >= 0.6 is 0 Å². The van der Waals surface area contributed by atoms with Gasteiger partial charge in [-0.25, -0.2) is 0 Å². The Labute approximate surface area is 86.3 Å². The first-order valence-electron chi connectivity index (χ1n) is 4.92. The first kappa shape index (κ1) is 10.8. The standard InChI is InChI=1S/C13H17N/c1-4-5-9-12(14)13-10(2)7-6-8-11(13)3/h1,6-8,12H,5,9,14H2,2-3H3. The summed E-state index contributed by atoms with van der Waals surface area (Å²) in [5.41, 5.74) is 9.86. The van der Waals surface area contributed by atoms with Crippen molar-refractivity contribution in [3.63, 3.8) is 0 Å². The zero-order valence-corrected chi connectivity index (χ0v) is 8.88. The third kappa shape index (κ3) is 2.37. The van der Waals surface area contributed by atoms with Gasteiger partial charge in [0, 0.05) is 12.5 Å². The van der Waals surface area contributed by atoms with Gasteiger partial charge in [0.1, 0.15) is 0 Å². The normalized spacial score (nSPS) is 12.1. The largest absolute Gasteiger partial charge is 0.324 e. The van der Waals surface area contributed by atoms with Gasteiger partial charge in [0.2, 0.25) is 0 Å². The smallest absolute Gasteiger partial charge is 0.0309 e. The minimum atomic E-state index is 0.0762. The van der Waals surface area contributed by atoms with Gasteiger partial charge in [0.15, 0.2) is 0 Å². The van der Waals surface area contributed by atoms with Crippen LogP contribution in [0.4, 0.5) is 0 Å². The molecule has 0 fully saturated rings. The Kier molecular flexibility index (Phi) is 3.73. The lowest BCUT2D eigenvalue weighted by Gasteiger charge is -2.16. The topological polar surface area (TPSA) is 26.0 Å². The zero-order chi connectivity index (χ0) is 10.6. The molecule has 14 heavy (non-hydrogen) atoms. The fourth-order valence-electron chi connectivity index (χ4n) is 1.80. The van der Waals surface area contributed by atoms with E-state index in [0.29, 0.717) is 0 Å². The lowest BCUT2D eigenvalue weighted by atomic mass is 9.94. The molecule has 0 saturated heterocycles. The number of rotatable bonds is 3. The molecule has 1 atom stereocenters. The Morgan fingerprint density at radius 1 is 1.36 bits per heavy atom. The van der Waals surface area contributed by atoms with Crippen LogP contribution in [0.15, 0.2) is 18.2 Å². The Bertz CT molecular complexity index is 326. The molecule has 1 nitrogen and oxygen atoms in total. The van der Waals surface area contributed by atoms with Gasteiger partial charge in [-0.3, -0.25) is 0 Å². The molecule has 0 bridgehead atoms. The van der Waals surface area contributed by atoms with Crippen LogP contribution in [-0.4, -0.2) is 0 Å². The Hall–Kier alpha value is -1.26. The first-order valence-corrected chi connectivity index (χ1v) is 4.92. The molecule has 0 amide bonds. The predicted molar refractivity (Wildman–Crippen MR) is 60.9 cm³/mol. The van der Waals surface area contributed by atoms with E-state index >= 15 is 0 Å². The van der Waals surface area contributed by atoms with Gasteiger partial charge in [0.25, 0.3) is 0 Å². The molecule has 0 saturated carbocycles. The first-order chi connectivity index (χ1) is 6.66. The van der Waals surface area contributed by atoms with E-state index in [1.54, 1.807) is 0 Å². The maximum Gasteiger partial charge on any atom is 0.0309 e. The lowest BCUT2D eigenvalue weighted by Crippen LogP contribution is -2.13. The molecule has 1 unspecified atom stereocenters. The molecule has 0 radical (unpaired) electrons. The quantitative estimate of drug-likeness (QED) is 0.723. The molecule has 0 aliphatic heterocycles. The van der Waals surface area contributed by atoms with Crippen LogP contribution in [0.3, 0.4) is 0 Å². The minimum absolute atomic E-state index is 0.0762. The van der Waals surface area contributed by atoms with Crippen molar-refractivity contribution < 1.29 is 0 Å². The predicted octanol–water partition coefficient (Wildman–Crippen LogP) is 2.72. The van der Waals surface area contributed by atoms with Crippen LogP contribution in [-0.2, 0) is 0 Å². The van der Waals surface area contributed by atoms with Crippen LogP contribution in [0, 0.1) is 26.2 Å². The second-order valence-corrected chi connectivity index (χ2v) is 3.65. The summed E-state index contributed by atoms with van der Waals surface area (Å²) >= 11 is 0. The molecule has 0 aromatic heterocycles. The molecule has 1 heteroatoms. The molecule has 0 aliphatic rings. The van der Waals surface area contributed by atoms with Crippen LogP contribution < -0.4 is 5.73 Å². The highest BCUT2D eigenvalue weighted by atomic mass is 14.6. The summed E-state index contributed by atoms with van der Waals surface area (Å²) < 4.78 is 0. The SMILES string of the molecule is C#CCCC(N)c1c(C)cccc1C. The van der Waals surface area contributed by atoms with Crippen LogP contribution in [0.1, 0.15) is 35.6 Å². The summed E-state index contributed by atoms with van der Waals surface area (Å²) in [5, 5.41) is 0. The number of hydrogen-bond acceptors (Lipinski definition) is 1. The Morgan fingerprint density at radius 2 is 1.93 bits per heavy atom. The monoisotopic (exact) mass is 187 g/mol. The molecule has 0 spiro atoms. The highest BCUT2D eigenvalue weighted by molar-refractivity contribution is 5.35. The van der Waals surface area contributed by atoms with Crippen LogP contribution in [0.25, 0.3) is 0 Å². The van der Waals surface area contributed by atoms with Crippen molar-refractivity contribution in [3.05, 3.63) is 34.9 Å². The van der Waals surface area contributed by atoms with Crippen molar-refractivity contribution in [3.8, 4) is 12.3 Å². The zero-order valence-electron chi connectivity index (χ0n) is 8.88. The van der Waals surface area contributed by atoms with Crippen molar-refractivity contribution in [1.82, 2.24) is 0 Å². The fourth-order valence-corrected chi connectivity index (χ4v) is 1.80. The summed E-state index contributed by atoms with van der Waals surface area (Å²) in [4.78, 5) is 0. The van der Waals surface area contributed by atoms with Gasteiger partial charge in [-0.05, 0) is 37.0 Å². The molecule has 1 rings (SSSR count). The van der Waals surface area contributed by atoms with Crippen LogP contribution in [0.5, 0.6) is 0 Å². The molecule has 2 N–H and O–H groups in total. The number of benzene rings is 1. The van der Waals surface area contributed by atoms with E-state index in [1.807, 2.05) is 0 Å². The molecular weight excluding hydrogens is 170 g/mol. The van der Waals surface area contributed by atoms with E-state index in [1.165, 1.54) is 16.7 Å². The second-order valence-electron chi connectivity index (χ2n) is 3.65. The summed E-state index contributed by atoms with van der Waals surface area (Å²) in [6.45, 7) is 4.19. The van der Waals surface area contributed by atoms with Crippen molar-refractivity contribution >= 4 is 0 Å². The minimum Gasteiger partial charge on any atom is -0.324 e. The average molecular weight is 187 g/mol. The maximum atomic E-state index is 6.09. The van der Waals surface area contributed by atoms with Gasteiger partial charge < -0.3 is 5.73 Å². The average Bonchev–Trinajstić information content (AvgIpc) is 2.14. The third-order valence-corrected chi connectivity index (χ3v) is 2.51. The van der Waals surface area contributed by atoms with Gasteiger partial charge >= 0.3 is 0 Å². The summed E-state index contributed by atoms with van der Waals surface area (Å²) in [5.74, 6) is 2.63. The maximum absolute atomic E-state index is 6.09. The van der Waals surface area contributed by atoms with Gasteiger partial charge in [0.05, 0.1) is 0 Å². The highest BCUT2D eigenvalue weighted by Gasteiger charge is 2.10. The second kappa shape index (κ2) is 4.83. The molecule has 74 valence electrons. The number of nitrogens with two attached hydrogens (primary N) is 1. The van der Waals surface area contributed by atoms with Gasteiger partial charge in [-0.15, -0.1) is 12.3 Å². The molecule has 0 heterocycles. The fraction of sp³-hybridized carbons (Fsp3) is 0.385. The number of aryl methyl sites for hydroxylation is 2. The van der Waals surface area contributed by atoms with Gasteiger partial charge in [-0.1, -0.05) is 18.2 Å². The van der Waals surface area contributed by atoms with Crippen molar-refractivity contribution in [1.29, 1.82) is 0 Å². The Balaban J connectivity index is 2.89. The van der Waals surface area contributed by atoms with E-state index in [2.05, 4.69) is 38.0 Å². The summed E-state index contributed by atoms with van der Waals surface area (Å²) in [6, 6.07) is 6.32. The highest BCUT2D eigenvalue weighted by Crippen LogP contribution is 2.22.